The molecule has 5 aliphatic rings. The number of carbonyl (C=O) groups excluding carboxylic acids is 1. The molecule has 1 aromatic carbocycles. The number of nitrogens with zero attached hydrogens (tertiary/aromatic N) is 1. The van der Waals surface area contributed by atoms with E-state index in [1.54, 1.807) is 0 Å². The molecular weight excluding hydrogens is 274 g/mol. The molecule has 1 N–H and O–H groups in total. The van der Waals surface area contributed by atoms with Gasteiger partial charge in [0.05, 0.1) is 5.60 Å². The van der Waals surface area contributed by atoms with Gasteiger partial charge in [0.2, 0.25) is 0 Å². The molecule has 1 aromatic rings. The van der Waals surface area contributed by atoms with Gasteiger partial charge >= 0.3 is 0 Å². The fourth-order valence-electron chi connectivity index (χ4n) is 6.18. The van der Waals surface area contributed by atoms with Crippen molar-refractivity contribution in [3.05, 3.63) is 35.4 Å². The van der Waals surface area contributed by atoms with Gasteiger partial charge in [-0.1, -0.05) is 18.2 Å². The summed E-state index contributed by atoms with van der Waals surface area (Å²) in [6.07, 6.45) is 7.34. The molecule has 4 aliphatic carbocycles. The van der Waals surface area contributed by atoms with Crippen molar-refractivity contribution >= 4 is 5.91 Å². The van der Waals surface area contributed by atoms with Gasteiger partial charge in [0.1, 0.15) is 0 Å². The summed E-state index contributed by atoms with van der Waals surface area (Å²) in [5, 5.41) is 11.1. The lowest BCUT2D eigenvalue weighted by Crippen LogP contribution is -2.58. The van der Waals surface area contributed by atoms with E-state index in [1.807, 2.05) is 18.2 Å². The molecule has 4 saturated carbocycles. The van der Waals surface area contributed by atoms with Crippen molar-refractivity contribution in [2.24, 2.45) is 11.8 Å². The Morgan fingerprint density at radius 1 is 1.14 bits per heavy atom. The topological polar surface area (TPSA) is 40.5 Å². The van der Waals surface area contributed by atoms with Crippen LogP contribution in [0.4, 0.5) is 0 Å². The molecule has 22 heavy (non-hydrogen) atoms. The minimum atomic E-state index is -0.516. The summed E-state index contributed by atoms with van der Waals surface area (Å²) in [6, 6.07) is 8.02. The van der Waals surface area contributed by atoms with Crippen LogP contribution >= 0.6 is 0 Å². The summed E-state index contributed by atoms with van der Waals surface area (Å²) >= 11 is 0. The number of fused-ring (bicyclic) bond motifs is 2. The smallest absolute Gasteiger partial charge is 0.254 e. The fraction of sp³-hybridized carbons (Fsp3) is 0.632. The first-order valence-corrected chi connectivity index (χ1v) is 8.69. The van der Waals surface area contributed by atoms with Crippen LogP contribution in [0.15, 0.2) is 24.3 Å². The van der Waals surface area contributed by atoms with Crippen molar-refractivity contribution in [2.75, 3.05) is 0 Å². The summed E-state index contributed by atoms with van der Waals surface area (Å²) in [5.74, 6) is 1.48. The lowest BCUT2D eigenvalue weighted by Gasteiger charge is -2.53. The molecule has 0 saturated heterocycles. The summed E-state index contributed by atoms with van der Waals surface area (Å²) in [6.45, 7) is 0.739. The third kappa shape index (κ3) is 1.69. The maximum Gasteiger partial charge on any atom is 0.254 e. The highest BCUT2D eigenvalue weighted by atomic mass is 16.3. The summed E-state index contributed by atoms with van der Waals surface area (Å²) in [4.78, 5) is 15.1. The first-order valence-electron chi connectivity index (χ1n) is 8.69. The van der Waals surface area contributed by atoms with Crippen LogP contribution in [0.5, 0.6) is 0 Å². The number of rotatable bonds is 1. The van der Waals surface area contributed by atoms with Crippen LogP contribution in [-0.4, -0.2) is 27.1 Å². The molecule has 1 amide bonds. The molecule has 1 heterocycles. The van der Waals surface area contributed by atoms with Gasteiger partial charge in [-0.2, -0.15) is 0 Å². The highest BCUT2D eigenvalue weighted by Crippen LogP contribution is 2.57. The second-order valence-electron chi connectivity index (χ2n) is 8.29. The van der Waals surface area contributed by atoms with Crippen LogP contribution in [-0.2, 0) is 6.54 Å². The maximum absolute atomic E-state index is 13.0. The van der Waals surface area contributed by atoms with Crippen molar-refractivity contribution < 1.29 is 9.90 Å². The van der Waals surface area contributed by atoms with Crippen LogP contribution in [0, 0.1) is 11.8 Å². The van der Waals surface area contributed by atoms with Gasteiger partial charge in [-0.15, -0.1) is 0 Å². The average Bonchev–Trinajstić information content (AvgIpc) is 2.70. The molecule has 0 aromatic heterocycles. The molecule has 6 rings (SSSR count). The van der Waals surface area contributed by atoms with Gasteiger partial charge in [0, 0.05) is 17.6 Å². The molecule has 4 bridgehead atoms. The molecular formula is C19H23NO2. The van der Waals surface area contributed by atoms with E-state index in [1.165, 1.54) is 12.8 Å². The second kappa shape index (κ2) is 4.14. The summed E-state index contributed by atoms with van der Waals surface area (Å²) < 4.78 is 0. The molecule has 116 valence electrons. The van der Waals surface area contributed by atoms with Crippen LogP contribution < -0.4 is 0 Å². The Morgan fingerprint density at radius 2 is 1.95 bits per heavy atom. The van der Waals surface area contributed by atoms with Crippen LogP contribution in [0.25, 0.3) is 0 Å². The lowest BCUT2D eigenvalue weighted by molar-refractivity contribution is -0.104. The molecule has 3 nitrogen and oxygen atoms in total. The minimum Gasteiger partial charge on any atom is -0.390 e. The number of benzene rings is 1. The number of aliphatic hydroxyl groups is 1. The van der Waals surface area contributed by atoms with Crippen molar-refractivity contribution in [1.82, 2.24) is 4.90 Å². The predicted octanol–water partition coefficient (Wildman–Crippen LogP) is 3.12. The van der Waals surface area contributed by atoms with E-state index in [-0.39, 0.29) is 11.4 Å². The summed E-state index contributed by atoms with van der Waals surface area (Å²) in [7, 11) is 0. The zero-order valence-electron chi connectivity index (χ0n) is 12.9. The van der Waals surface area contributed by atoms with E-state index in [9.17, 15) is 9.90 Å². The molecule has 3 heteroatoms. The quantitative estimate of drug-likeness (QED) is 0.865. The van der Waals surface area contributed by atoms with Gasteiger partial charge in [-0.05, 0) is 68.4 Å². The average molecular weight is 297 g/mol. The molecule has 0 radical (unpaired) electrons. The Morgan fingerprint density at radius 3 is 2.77 bits per heavy atom. The van der Waals surface area contributed by atoms with Gasteiger partial charge in [-0.3, -0.25) is 4.79 Å². The van der Waals surface area contributed by atoms with E-state index in [4.69, 9.17) is 0 Å². The second-order valence-corrected chi connectivity index (χ2v) is 8.29. The normalized spacial score (nSPS) is 42.6. The zero-order chi connectivity index (χ0) is 14.9. The van der Waals surface area contributed by atoms with Crippen LogP contribution in [0.3, 0.4) is 0 Å². The van der Waals surface area contributed by atoms with Gasteiger partial charge in [0.15, 0.2) is 0 Å². The van der Waals surface area contributed by atoms with Crippen LogP contribution in [0.1, 0.15) is 60.9 Å². The Hall–Kier alpha value is -1.35. The third-order valence-corrected chi connectivity index (χ3v) is 6.74. The van der Waals surface area contributed by atoms with E-state index in [0.717, 1.165) is 49.8 Å². The SMILES string of the molecule is O=C1c2ccccc2CN1C12CCC3CC(CC(O)(C3)C1)C2. The first-order chi connectivity index (χ1) is 10.6. The van der Waals surface area contributed by atoms with Crippen molar-refractivity contribution in [3.8, 4) is 0 Å². The largest absolute Gasteiger partial charge is 0.390 e. The maximum atomic E-state index is 13.0. The highest BCUT2D eigenvalue weighted by Gasteiger charge is 2.57. The minimum absolute atomic E-state index is 0.0982. The molecule has 4 fully saturated rings. The number of amides is 1. The van der Waals surface area contributed by atoms with E-state index in [0.29, 0.717) is 11.8 Å². The Labute approximate surface area is 131 Å². The van der Waals surface area contributed by atoms with Crippen molar-refractivity contribution in [1.29, 1.82) is 0 Å². The fourth-order valence-corrected chi connectivity index (χ4v) is 6.18. The van der Waals surface area contributed by atoms with Crippen molar-refractivity contribution in [2.45, 2.75) is 62.6 Å². The van der Waals surface area contributed by atoms with Crippen LogP contribution in [0.2, 0.25) is 0 Å². The molecule has 4 atom stereocenters. The first kappa shape index (κ1) is 13.1. The van der Waals surface area contributed by atoms with E-state index in [2.05, 4.69) is 11.0 Å². The summed E-state index contributed by atoms with van der Waals surface area (Å²) in [5.41, 5.74) is 1.42. The van der Waals surface area contributed by atoms with Gasteiger partial charge < -0.3 is 10.0 Å². The van der Waals surface area contributed by atoms with E-state index < -0.39 is 5.60 Å². The monoisotopic (exact) mass is 297 g/mol. The molecule has 1 aliphatic heterocycles. The highest BCUT2D eigenvalue weighted by molar-refractivity contribution is 5.98. The lowest BCUT2D eigenvalue weighted by atomic mass is 9.62. The molecule has 0 spiro atoms. The third-order valence-electron chi connectivity index (χ3n) is 6.74. The number of hydrogen-bond donors (Lipinski definition) is 1. The molecule has 4 unspecified atom stereocenters. The number of hydrogen-bond acceptors (Lipinski definition) is 2. The Bertz CT molecular complexity index is 657. The zero-order valence-corrected chi connectivity index (χ0v) is 12.9. The van der Waals surface area contributed by atoms with E-state index >= 15 is 0 Å². The van der Waals surface area contributed by atoms with Crippen molar-refractivity contribution in [3.63, 3.8) is 0 Å². The predicted molar refractivity (Wildman–Crippen MR) is 83.3 cm³/mol. The van der Waals surface area contributed by atoms with Gasteiger partial charge in [0.25, 0.3) is 5.91 Å². The van der Waals surface area contributed by atoms with Gasteiger partial charge in [-0.25, -0.2) is 0 Å². The Balaban J connectivity index is 1.56. The Kier molecular flexibility index (Phi) is 2.47. The number of carbonyl (C=O) groups is 1. The standard InChI is InChI=1S/C19H23NO2/c21-17-16-4-2-1-3-15(16)11-20(17)18-6-5-13-7-14(8-18)10-19(22,9-13)12-18/h1-4,13-14,22H,5-12H2.